The number of amides is 1. The molecule has 5 nitrogen and oxygen atoms in total. The number of rotatable bonds is 5. The molecule has 2 aromatic carbocycles. The van der Waals surface area contributed by atoms with Crippen LogP contribution in [-0.2, 0) is 21.2 Å². The Bertz CT molecular complexity index is 807. The quantitative estimate of drug-likeness (QED) is 0.912. The first kappa shape index (κ1) is 17.0. The number of benzene rings is 2. The summed E-state index contributed by atoms with van der Waals surface area (Å²) in [6, 6.07) is 12.6. The van der Waals surface area contributed by atoms with E-state index < -0.39 is 15.8 Å². The Labute approximate surface area is 134 Å². The van der Waals surface area contributed by atoms with E-state index in [2.05, 4.69) is 5.32 Å². The lowest BCUT2D eigenvalue weighted by molar-refractivity contribution is -0.115. The molecule has 1 amide bonds. The molecule has 0 saturated heterocycles. The van der Waals surface area contributed by atoms with Crippen LogP contribution in [0.3, 0.4) is 0 Å². The van der Waals surface area contributed by atoms with Crippen LogP contribution in [0.4, 0.5) is 15.8 Å². The fourth-order valence-electron chi connectivity index (χ4n) is 2.04. The van der Waals surface area contributed by atoms with Gasteiger partial charge in [-0.2, -0.15) is 0 Å². The number of hydrogen-bond acceptors (Lipinski definition) is 3. The minimum atomic E-state index is -3.53. The number of anilines is 2. The number of nitrogens with zero attached hydrogens (tertiary/aromatic N) is 1. The molecule has 7 heteroatoms. The number of sulfonamides is 1. The lowest BCUT2D eigenvalue weighted by atomic mass is 10.1. The third kappa shape index (κ3) is 4.53. The zero-order valence-electron chi connectivity index (χ0n) is 12.8. The Morgan fingerprint density at radius 1 is 1.17 bits per heavy atom. The molecule has 0 radical (unpaired) electrons. The van der Waals surface area contributed by atoms with Crippen molar-refractivity contribution in [3.8, 4) is 0 Å². The molecule has 0 unspecified atom stereocenters. The summed E-state index contributed by atoms with van der Waals surface area (Å²) in [5.41, 5.74) is 1.12. The van der Waals surface area contributed by atoms with Crippen LogP contribution < -0.4 is 9.62 Å². The van der Waals surface area contributed by atoms with E-state index in [0.717, 1.165) is 28.3 Å². The third-order valence-corrected chi connectivity index (χ3v) is 4.47. The largest absolute Gasteiger partial charge is 0.324 e. The third-order valence-electron chi connectivity index (χ3n) is 3.28. The summed E-state index contributed by atoms with van der Waals surface area (Å²) in [5.74, 6) is -0.921. The highest BCUT2D eigenvalue weighted by Gasteiger charge is 2.18. The fourth-order valence-corrected chi connectivity index (χ4v) is 2.55. The molecule has 2 rings (SSSR count). The normalized spacial score (nSPS) is 11.1. The van der Waals surface area contributed by atoms with Crippen molar-refractivity contribution in [1.82, 2.24) is 0 Å². The van der Waals surface area contributed by atoms with Crippen molar-refractivity contribution in [3.05, 3.63) is 59.9 Å². The first-order valence-corrected chi connectivity index (χ1v) is 8.69. The van der Waals surface area contributed by atoms with E-state index in [4.69, 9.17) is 0 Å². The fraction of sp³-hybridized carbons (Fsp3) is 0.188. The van der Waals surface area contributed by atoms with Gasteiger partial charge in [-0.05, 0) is 23.8 Å². The van der Waals surface area contributed by atoms with Crippen molar-refractivity contribution in [2.45, 2.75) is 6.42 Å². The van der Waals surface area contributed by atoms with Gasteiger partial charge in [0.2, 0.25) is 15.9 Å². The highest BCUT2D eigenvalue weighted by molar-refractivity contribution is 7.92. The van der Waals surface area contributed by atoms with Gasteiger partial charge in [0.05, 0.1) is 24.1 Å². The van der Waals surface area contributed by atoms with E-state index in [0.29, 0.717) is 0 Å². The Morgan fingerprint density at radius 2 is 1.83 bits per heavy atom. The van der Waals surface area contributed by atoms with Crippen LogP contribution in [0.15, 0.2) is 48.5 Å². The molecule has 122 valence electrons. The summed E-state index contributed by atoms with van der Waals surface area (Å²) >= 11 is 0. The highest BCUT2D eigenvalue weighted by Crippen LogP contribution is 2.27. The molecule has 1 N–H and O–H groups in total. The van der Waals surface area contributed by atoms with Crippen molar-refractivity contribution in [2.75, 3.05) is 22.9 Å². The molecule has 23 heavy (non-hydrogen) atoms. The number of hydrogen-bond donors (Lipinski definition) is 1. The van der Waals surface area contributed by atoms with Gasteiger partial charge in [0.25, 0.3) is 0 Å². The minimum Gasteiger partial charge on any atom is -0.324 e. The standard InChI is InChI=1S/C16H17FN2O3S/c1-19(23(2,21)22)15-9-8-13(17)11-14(15)18-16(20)10-12-6-4-3-5-7-12/h3-9,11H,10H2,1-2H3,(H,18,20). The van der Waals surface area contributed by atoms with E-state index in [-0.39, 0.29) is 23.7 Å². The summed E-state index contributed by atoms with van der Waals surface area (Å²) < 4.78 is 37.8. The number of carbonyl (C=O) groups is 1. The molecular weight excluding hydrogens is 319 g/mol. The lowest BCUT2D eigenvalue weighted by Gasteiger charge is -2.20. The zero-order chi connectivity index (χ0) is 17.0. The molecule has 0 spiro atoms. The Kier molecular flexibility index (Phi) is 5.00. The maximum absolute atomic E-state index is 13.5. The molecular formula is C16H17FN2O3S. The van der Waals surface area contributed by atoms with Crippen LogP contribution in [-0.4, -0.2) is 27.6 Å². The van der Waals surface area contributed by atoms with Crippen LogP contribution in [0.25, 0.3) is 0 Å². The average Bonchev–Trinajstić information content (AvgIpc) is 2.46. The molecule has 0 heterocycles. The van der Waals surface area contributed by atoms with Gasteiger partial charge in [0, 0.05) is 7.05 Å². The molecule has 0 atom stereocenters. The van der Waals surface area contributed by atoms with Gasteiger partial charge >= 0.3 is 0 Å². The maximum Gasteiger partial charge on any atom is 0.232 e. The average molecular weight is 336 g/mol. The van der Waals surface area contributed by atoms with Gasteiger partial charge in [0.15, 0.2) is 0 Å². The van der Waals surface area contributed by atoms with Crippen molar-refractivity contribution < 1.29 is 17.6 Å². The summed E-state index contributed by atoms with van der Waals surface area (Å²) in [4.78, 5) is 12.1. The van der Waals surface area contributed by atoms with Gasteiger partial charge < -0.3 is 5.32 Å². The smallest absolute Gasteiger partial charge is 0.232 e. The molecule has 0 fully saturated rings. The molecule has 0 aromatic heterocycles. The predicted octanol–water partition coefficient (Wildman–Crippen LogP) is 2.40. The van der Waals surface area contributed by atoms with Crippen LogP contribution in [0.5, 0.6) is 0 Å². The van der Waals surface area contributed by atoms with Crippen LogP contribution in [0.2, 0.25) is 0 Å². The van der Waals surface area contributed by atoms with Crippen molar-refractivity contribution in [2.24, 2.45) is 0 Å². The van der Waals surface area contributed by atoms with E-state index >= 15 is 0 Å². The molecule has 0 saturated carbocycles. The summed E-state index contributed by atoms with van der Waals surface area (Å²) in [7, 11) is -2.18. The number of halogens is 1. The summed E-state index contributed by atoms with van der Waals surface area (Å²) in [6.45, 7) is 0. The van der Waals surface area contributed by atoms with E-state index in [1.54, 1.807) is 12.1 Å². The molecule has 0 aliphatic carbocycles. The molecule has 0 aliphatic rings. The summed E-state index contributed by atoms with van der Waals surface area (Å²) in [6.07, 6.45) is 1.14. The SMILES string of the molecule is CN(c1ccc(F)cc1NC(=O)Cc1ccccc1)S(C)(=O)=O. The molecule has 2 aromatic rings. The predicted molar refractivity (Wildman–Crippen MR) is 88.4 cm³/mol. The van der Waals surface area contributed by atoms with E-state index in [9.17, 15) is 17.6 Å². The topological polar surface area (TPSA) is 66.5 Å². The van der Waals surface area contributed by atoms with Crippen molar-refractivity contribution in [1.29, 1.82) is 0 Å². The first-order valence-electron chi connectivity index (χ1n) is 6.84. The van der Waals surface area contributed by atoms with Gasteiger partial charge in [-0.25, -0.2) is 12.8 Å². The summed E-state index contributed by atoms with van der Waals surface area (Å²) in [5, 5.41) is 2.57. The molecule has 0 aliphatic heterocycles. The van der Waals surface area contributed by atoms with Crippen LogP contribution >= 0.6 is 0 Å². The second-order valence-electron chi connectivity index (χ2n) is 5.10. The Morgan fingerprint density at radius 3 is 2.43 bits per heavy atom. The van der Waals surface area contributed by atoms with Gasteiger partial charge in [0.1, 0.15) is 5.82 Å². The molecule has 0 bridgehead atoms. The van der Waals surface area contributed by atoms with Gasteiger partial charge in [-0.15, -0.1) is 0 Å². The maximum atomic E-state index is 13.5. The Hall–Kier alpha value is -2.41. The highest BCUT2D eigenvalue weighted by atomic mass is 32.2. The number of nitrogens with one attached hydrogen (secondary N) is 1. The van der Waals surface area contributed by atoms with Crippen LogP contribution in [0.1, 0.15) is 5.56 Å². The van der Waals surface area contributed by atoms with E-state index in [1.807, 2.05) is 18.2 Å². The zero-order valence-corrected chi connectivity index (χ0v) is 13.6. The minimum absolute atomic E-state index is 0.110. The van der Waals surface area contributed by atoms with Crippen molar-refractivity contribution in [3.63, 3.8) is 0 Å². The van der Waals surface area contributed by atoms with Crippen molar-refractivity contribution >= 4 is 27.3 Å². The lowest BCUT2D eigenvalue weighted by Crippen LogP contribution is -2.26. The number of carbonyl (C=O) groups excluding carboxylic acids is 1. The monoisotopic (exact) mass is 336 g/mol. The van der Waals surface area contributed by atoms with Gasteiger partial charge in [-0.1, -0.05) is 30.3 Å². The van der Waals surface area contributed by atoms with Crippen LogP contribution in [0, 0.1) is 5.82 Å². The van der Waals surface area contributed by atoms with Gasteiger partial charge in [-0.3, -0.25) is 9.10 Å². The second kappa shape index (κ2) is 6.78. The first-order chi connectivity index (χ1) is 10.8. The second-order valence-corrected chi connectivity index (χ2v) is 7.12. The van der Waals surface area contributed by atoms with E-state index in [1.165, 1.54) is 13.1 Å². The Balaban J connectivity index is 2.25.